The van der Waals surface area contributed by atoms with E-state index in [1.165, 1.54) is 24.3 Å². The molecule has 2 amide bonds. The molecule has 39 heavy (non-hydrogen) atoms. The minimum atomic E-state index is -4.61. The van der Waals surface area contributed by atoms with Gasteiger partial charge in [-0.2, -0.15) is 13.2 Å². The van der Waals surface area contributed by atoms with Gasteiger partial charge in [-0.3, -0.25) is 14.4 Å². The van der Waals surface area contributed by atoms with Gasteiger partial charge in [0.25, 0.3) is 5.91 Å². The summed E-state index contributed by atoms with van der Waals surface area (Å²) in [5.41, 5.74) is -1.82. The molecule has 0 spiro atoms. The molecule has 1 aromatic heterocycles. The van der Waals surface area contributed by atoms with Crippen LogP contribution in [-0.2, 0) is 33.4 Å². The molecule has 8 nitrogen and oxygen atoms in total. The molecule has 11 heteroatoms. The van der Waals surface area contributed by atoms with Crippen LogP contribution in [0.25, 0.3) is 10.9 Å². The van der Waals surface area contributed by atoms with Crippen molar-refractivity contribution in [3.63, 3.8) is 0 Å². The Bertz CT molecular complexity index is 1430. The van der Waals surface area contributed by atoms with Gasteiger partial charge in [-0.25, -0.2) is 4.79 Å². The maximum Gasteiger partial charge on any atom is 0.418 e. The molecule has 1 aliphatic rings. The number of hydrogen-bond acceptors (Lipinski definition) is 4. The second-order valence-electron chi connectivity index (χ2n) is 9.89. The average Bonchev–Trinajstić information content (AvgIpc) is 3.28. The number of hydrogen-bond donors (Lipinski definition) is 4. The summed E-state index contributed by atoms with van der Waals surface area (Å²) in [6.45, 7) is 3.46. The number of aromatic nitrogens is 1. The largest absolute Gasteiger partial charge is 0.479 e. The minimum absolute atomic E-state index is 0.0840. The summed E-state index contributed by atoms with van der Waals surface area (Å²) in [5.74, 6) is -4.44. The van der Waals surface area contributed by atoms with E-state index in [2.05, 4.69) is 15.6 Å². The van der Waals surface area contributed by atoms with Crippen LogP contribution in [0.1, 0.15) is 53.9 Å². The lowest BCUT2D eigenvalue weighted by Crippen LogP contribution is -2.63. The smallest absolute Gasteiger partial charge is 0.418 e. The van der Waals surface area contributed by atoms with Crippen LogP contribution < -0.4 is 10.6 Å². The van der Waals surface area contributed by atoms with E-state index in [9.17, 15) is 37.5 Å². The molecule has 0 aliphatic heterocycles. The number of nitrogens with one attached hydrogen (secondary N) is 3. The van der Waals surface area contributed by atoms with E-state index < -0.39 is 52.8 Å². The summed E-state index contributed by atoms with van der Waals surface area (Å²) in [5, 5.41) is 15.5. The van der Waals surface area contributed by atoms with Crippen molar-refractivity contribution in [2.24, 2.45) is 5.92 Å². The number of aliphatic carboxylic acids is 1. The van der Waals surface area contributed by atoms with E-state index in [-0.39, 0.29) is 35.7 Å². The highest BCUT2D eigenvalue weighted by atomic mass is 19.4. The third-order valence-corrected chi connectivity index (χ3v) is 7.41. The lowest BCUT2D eigenvalue weighted by atomic mass is 9.79. The van der Waals surface area contributed by atoms with E-state index in [1.807, 2.05) is 0 Å². The Morgan fingerprint density at radius 1 is 1.08 bits per heavy atom. The number of aryl methyl sites for hydroxylation is 1. The van der Waals surface area contributed by atoms with Crippen LogP contribution in [0.3, 0.4) is 0 Å². The SMILES string of the molecule is CCC(C)C(NC(=O)C(=O)c1ccccc1)C(=O)NC1(C(=O)O)CCc2[nH]c3c(C(F)(F)F)cccc3c2C1. The number of aromatic amines is 1. The lowest BCUT2D eigenvalue weighted by molar-refractivity contribution is -0.149. The molecule has 1 aliphatic carbocycles. The molecule has 1 heterocycles. The van der Waals surface area contributed by atoms with E-state index in [0.29, 0.717) is 17.7 Å². The summed E-state index contributed by atoms with van der Waals surface area (Å²) >= 11 is 0. The van der Waals surface area contributed by atoms with E-state index in [4.69, 9.17) is 0 Å². The zero-order chi connectivity index (χ0) is 28.5. The molecule has 206 valence electrons. The number of ketones is 1. The first kappa shape index (κ1) is 27.9. The monoisotopic (exact) mass is 543 g/mol. The normalized spacial score (nSPS) is 18.6. The van der Waals surface area contributed by atoms with Crippen molar-refractivity contribution in [2.75, 3.05) is 0 Å². The van der Waals surface area contributed by atoms with Gasteiger partial charge in [0.1, 0.15) is 11.6 Å². The molecule has 4 rings (SSSR count). The van der Waals surface area contributed by atoms with Crippen LogP contribution in [0.15, 0.2) is 48.5 Å². The van der Waals surface area contributed by atoms with Gasteiger partial charge in [0.2, 0.25) is 11.7 Å². The number of amides is 2. The van der Waals surface area contributed by atoms with Gasteiger partial charge in [-0.1, -0.05) is 62.7 Å². The Hall–Kier alpha value is -4.15. The standard InChI is InChI=1S/C28H28F3N3O5/c1-3-15(2)21(33-25(37)23(35)16-8-5-4-6-9-16)24(36)34-27(26(38)39)13-12-20-18(14-27)17-10-7-11-19(22(17)32-20)28(29,30)31/h4-11,15,21,32H,3,12-14H2,1-2H3,(H,33,37)(H,34,36)(H,38,39). The van der Waals surface area contributed by atoms with Gasteiger partial charge >= 0.3 is 12.1 Å². The zero-order valence-electron chi connectivity index (χ0n) is 21.3. The predicted octanol–water partition coefficient (Wildman–Crippen LogP) is 4.03. The number of benzene rings is 2. The molecule has 0 fully saturated rings. The number of fused-ring (bicyclic) bond motifs is 3. The van der Waals surface area contributed by atoms with Crippen molar-refractivity contribution in [3.8, 4) is 0 Å². The Morgan fingerprint density at radius 3 is 2.38 bits per heavy atom. The number of rotatable bonds is 8. The molecule has 0 radical (unpaired) electrons. The zero-order valence-corrected chi connectivity index (χ0v) is 21.3. The third kappa shape index (κ3) is 5.39. The van der Waals surface area contributed by atoms with E-state index in [1.54, 1.807) is 32.0 Å². The number of carboxylic acid groups (broad SMARTS) is 1. The summed E-state index contributed by atoms with van der Waals surface area (Å²) in [7, 11) is 0. The lowest BCUT2D eigenvalue weighted by Gasteiger charge is -2.36. The fourth-order valence-corrected chi connectivity index (χ4v) is 4.99. The molecule has 2 aromatic carbocycles. The Kier molecular flexibility index (Phi) is 7.54. The first-order valence-corrected chi connectivity index (χ1v) is 12.5. The van der Waals surface area contributed by atoms with Crippen molar-refractivity contribution in [2.45, 2.75) is 57.3 Å². The molecule has 3 atom stereocenters. The van der Waals surface area contributed by atoms with Crippen LogP contribution in [0, 0.1) is 5.92 Å². The second-order valence-corrected chi connectivity index (χ2v) is 9.89. The van der Waals surface area contributed by atoms with Crippen LogP contribution >= 0.6 is 0 Å². The van der Waals surface area contributed by atoms with Crippen LogP contribution in [-0.4, -0.2) is 45.2 Å². The Balaban J connectivity index is 1.62. The maximum atomic E-state index is 13.6. The number of carboxylic acids is 1. The Morgan fingerprint density at radius 2 is 1.77 bits per heavy atom. The van der Waals surface area contributed by atoms with Crippen LogP contribution in [0.4, 0.5) is 13.2 Å². The number of alkyl halides is 3. The van der Waals surface area contributed by atoms with Gasteiger partial charge in [-0.05, 0) is 30.4 Å². The number of H-pyrrole nitrogens is 1. The minimum Gasteiger partial charge on any atom is -0.479 e. The highest BCUT2D eigenvalue weighted by molar-refractivity contribution is 6.43. The van der Waals surface area contributed by atoms with Crippen LogP contribution in [0.5, 0.6) is 0 Å². The highest BCUT2D eigenvalue weighted by Crippen LogP contribution is 2.40. The van der Waals surface area contributed by atoms with Crippen molar-refractivity contribution in [1.29, 1.82) is 0 Å². The molecule has 3 aromatic rings. The van der Waals surface area contributed by atoms with Crippen LogP contribution in [0.2, 0.25) is 0 Å². The number of halogens is 3. The second kappa shape index (κ2) is 10.5. The molecule has 0 bridgehead atoms. The van der Waals surface area contributed by atoms with Crippen molar-refractivity contribution in [3.05, 3.63) is 70.9 Å². The molecular weight excluding hydrogens is 515 g/mol. The molecule has 0 saturated carbocycles. The summed E-state index contributed by atoms with van der Waals surface area (Å²) in [6.07, 6.45) is -4.43. The van der Waals surface area contributed by atoms with Crippen molar-refractivity contribution >= 4 is 34.5 Å². The molecule has 3 unspecified atom stereocenters. The number of carbonyl (C=O) groups excluding carboxylic acids is 3. The number of Topliss-reactive ketones (excluding diaryl/α,β-unsaturated/α-hetero) is 1. The highest BCUT2D eigenvalue weighted by Gasteiger charge is 2.46. The first-order chi connectivity index (χ1) is 18.4. The van der Waals surface area contributed by atoms with Gasteiger partial charge in [0.15, 0.2) is 0 Å². The van der Waals surface area contributed by atoms with Gasteiger partial charge in [0, 0.05) is 23.1 Å². The molecule has 4 N–H and O–H groups in total. The van der Waals surface area contributed by atoms with E-state index >= 15 is 0 Å². The quantitative estimate of drug-likeness (QED) is 0.252. The fraction of sp³-hybridized carbons (Fsp3) is 0.357. The molecular formula is C28H28F3N3O5. The van der Waals surface area contributed by atoms with Crippen molar-refractivity contribution in [1.82, 2.24) is 15.6 Å². The number of para-hydroxylation sites is 1. The summed E-state index contributed by atoms with van der Waals surface area (Å²) < 4.78 is 40.7. The maximum absolute atomic E-state index is 13.6. The average molecular weight is 544 g/mol. The Labute approximate surface area is 222 Å². The van der Waals surface area contributed by atoms with E-state index in [0.717, 1.165) is 6.07 Å². The molecule has 0 saturated heterocycles. The fourth-order valence-electron chi connectivity index (χ4n) is 4.99. The van der Waals surface area contributed by atoms with Gasteiger partial charge in [0.05, 0.1) is 11.1 Å². The number of carbonyl (C=O) groups is 4. The van der Waals surface area contributed by atoms with Gasteiger partial charge in [-0.15, -0.1) is 0 Å². The first-order valence-electron chi connectivity index (χ1n) is 12.5. The topological polar surface area (TPSA) is 128 Å². The summed E-state index contributed by atoms with van der Waals surface area (Å²) in [4.78, 5) is 54.1. The predicted molar refractivity (Wildman–Crippen MR) is 136 cm³/mol. The van der Waals surface area contributed by atoms with Crippen molar-refractivity contribution < 1.29 is 37.5 Å². The third-order valence-electron chi connectivity index (χ3n) is 7.41. The summed E-state index contributed by atoms with van der Waals surface area (Å²) in [6, 6.07) is 10.3. The van der Waals surface area contributed by atoms with Gasteiger partial charge < -0.3 is 20.7 Å².